The van der Waals surface area contributed by atoms with Crippen molar-refractivity contribution in [2.75, 3.05) is 17.7 Å². The van der Waals surface area contributed by atoms with Crippen molar-refractivity contribution in [2.45, 2.75) is 37.6 Å². The monoisotopic (exact) mass is 492 g/mol. The van der Waals surface area contributed by atoms with Gasteiger partial charge >= 0.3 is 0 Å². The lowest BCUT2D eigenvalue weighted by Gasteiger charge is -2.14. The summed E-state index contributed by atoms with van der Waals surface area (Å²) >= 11 is 1.27. The van der Waals surface area contributed by atoms with Crippen LogP contribution in [0.2, 0.25) is 0 Å². The van der Waals surface area contributed by atoms with E-state index in [1.54, 1.807) is 19.1 Å². The molecule has 11 heteroatoms. The van der Waals surface area contributed by atoms with Crippen molar-refractivity contribution in [1.29, 1.82) is 0 Å². The Morgan fingerprint density at radius 2 is 2.17 bits per heavy atom. The Kier molecular flexibility index (Phi) is 6.51. The van der Waals surface area contributed by atoms with E-state index in [1.807, 2.05) is 35.0 Å². The Hall–Kier alpha value is -3.70. The first-order valence-corrected chi connectivity index (χ1v) is 12.3. The lowest BCUT2D eigenvalue weighted by Crippen LogP contribution is -2.18. The van der Waals surface area contributed by atoms with Gasteiger partial charge in [-0.1, -0.05) is 36.0 Å². The largest absolute Gasteiger partial charge is 0.376 e. The zero-order valence-electron chi connectivity index (χ0n) is 19.1. The number of H-pyrrole nitrogens is 1. The number of aromatic amines is 1. The first-order chi connectivity index (χ1) is 17.0. The van der Waals surface area contributed by atoms with Gasteiger partial charge in [0.15, 0.2) is 11.0 Å². The van der Waals surface area contributed by atoms with Gasteiger partial charge in [-0.25, -0.2) is 0 Å². The molecule has 1 fully saturated rings. The lowest BCUT2D eigenvalue weighted by molar-refractivity contribution is -0.385. The molecule has 2 N–H and O–H groups in total. The fourth-order valence-corrected chi connectivity index (χ4v) is 4.97. The minimum atomic E-state index is -0.459. The van der Waals surface area contributed by atoms with Crippen LogP contribution in [0.3, 0.4) is 0 Å². The van der Waals surface area contributed by atoms with Crippen LogP contribution in [-0.2, 0) is 16.1 Å². The minimum absolute atomic E-state index is 0.0323. The molecule has 1 saturated heterocycles. The highest BCUT2D eigenvalue weighted by Crippen LogP contribution is 2.31. The van der Waals surface area contributed by atoms with E-state index in [4.69, 9.17) is 4.74 Å². The molecule has 1 atom stereocenters. The Morgan fingerprint density at radius 3 is 2.97 bits per heavy atom. The number of amides is 1. The van der Waals surface area contributed by atoms with Gasteiger partial charge in [-0.15, -0.1) is 10.2 Å². The highest BCUT2D eigenvalue weighted by atomic mass is 32.2. The first kappa shape index (κ1) is 23.1. The number of nitrogens with one attached hydrogen (secondary N) is 2. The molecule has 35 heavy (non-hydrogen) atoms. The maximum absolute atomic E-state index is 12.6. The third-order valence-electron chi connectivity index (χ3n) is 5.98. The van der Waals surface area contributed by atoms with Crippen molar-refractivity contribution >= 4 is 39.9 Å². The highest BCUT2D eigenvalue weighted by Gasteiger charge is 2.23. The molecule has 1 aliphatic rings. The predicted octanol–water partition coefficient (Wildman–Crippen LogP) is 4.55. The number of hydrogen-bond acceptors (Lipinski definition) is 7. The van der Waals surface area contributed by atoms with Gasteiger partial charge in [-0.3, -0.25) is 19.5 Å². The van der Waals surface area contributed by atoms with E-state index in [1.165, 1.54) is 17.8 Å². The standard InChI is InChI=1S/C24H24N6O4S/c1-15-8-9-16(11-21(15)30(32)33)26-22(31)14-35-24-28-27-23(29(24)13-17-5-4-10-34-17)19-12-25-20-7-3-2-6-18(19)20/h2-3,6-9,11-12,17,25H,4-5,10,13-14H2,1H3,(H,26,31). The summed E-state index contributed by atoms with van der Waals surface area (Å²) in [6.45, 7) is 2.99. The van der Waals surface area contributed by atoms with Crippen LogP contribution in [0.25, 0.3) is 22.3 Å². The molecule has 0 bridgehead atoms. The Labute approximate surface area is 205 Å². The van der Waals surface area contributed by atoms with E-state index < -0.39 is 4.92 Å². The van der Waals surface area contributed by atoms with E-state index in [-0.39, 0.29) is 23.5 Å². The molecular weight excluding hydrogens is 468 g/mol. The van der Waals surface area contributed by atoms with Crippen LogP contribution in [0.1, 0.15) is 18.4 Å². The number of benzene rings is 2. The molecule has 10 nitrogen and oxygen atoms in total. The van der Waals surface area contributed by atoms with Gasteiger partial charge in [0.05, 0.1) is 23.3 Å². The summed E-state index contributed by atoms with van der Waals surface area (Å²) in [5, 5.41) is 24.4. The van der Waals surface area contributed by atoms with Gasteiger partial charge < -0.3 is 15.0 Å². The fourth-order valence-electron chi connectivity index (χ4n) is 4.22. The molecule has 1 aliphatic heterocycles. The molecule has 0 aliphatic carbocycles. The second-order valence-electron chi connectivity index (χ2n) is 8.39. The number of rotatable bonds is 8. The number of nitro benzene ring substituents is 1. The van der Waals surface area contributed by atoms with Crippen molar-refractivity contribution in [3.8, 4) is 11.4 Å². The number of hydrogen-bond donors (Lipinski definition) is 2. The van der Waals surface area contributed by atoms with Crippen LogP contribution >= 0.6 is 11.8 Å². The van der Waals surface area contributed by atoms with E-state index in [0.29, 0.717) is 23.0 Å². The van der Waals surface area contributed by atoms with E-state index >= 15 is 0 Å². The summed E-state index contributed by atoms with van der Waals surface area (Å²) in [6.07, 6.45) is 3.97. The molecule has 180 valence electrons. The van der Waals surface area contributed by atoms with Gasteiger partial charge in [0.1, 0.15) is 0 Å². The Balaban J connectivity index is 1.36. The molecule has 2 aromatic heterocycles. The van der Waals surface area contributed by atoms with Crippen molar-refractivity contribution < 1.29 is 14.5 Å². The van der Waals surface area contributed by atoms with Gasteiger partial charge in [0, 0.05) is 46.6 Å². The van der Waals surface area contributed by atoms with Crippen LogP contribution in [0.15, 0.2) is 53.8 Å². The second kappa shape index (κ2) is 9.88. The van der Waals surface area contributed by atoms with Crippen LogP contribution in [0.5, 0.6) is 0 Å². The maximum Gasteiger partial charge on any atom is 0.274 e. The van der Waals surface area contributed by atoms with E-state index in [2.05, 4.69) is 20.5 Å². The third-order valence-corrected chi connectivity index (χ3v) is 6.95. The minimum Gasteiger partial charge on any atom is -0.376 e. The van der Waals surface area contributed by atoms with Gasteiger partial charge in [0.2, 0.25) is 5.91 Å². The van der Waals surface area contributed by atoms with Gasteiger partial charge in [-0.05, 0) is 31.9 Å². The molecule has 0 spiro atoms. The average Bonchev–Trinajstić information content (AvgIpc) is 3.59. The average molecular weight is 493 g/mol. The van der Waals surface area contributed by atoms with Gasteiger partial charge in [0.25, 0.3) is 5.69 Å². The van der Waals surface area contributed by atoms with Crippen LogP contribution in [0, 0.1) is 17.0 Å². The molecule has 4 aromatic rings. The zero-order chi connectivity index (χ0) is 24.4. The van der Waals surface area contributed by atoms with Crippen molar-refractivity contribution in [3.05, 3.63) is 64.3 Å². The summed E-state index contributed by atoms with van der Waals surface area (Å²) in [6, 6.07) is 12.6. The summed E-state index contributed by atoms with van der Waals surface area (Å²) in [5.41, 5.74) is 2.84. The number of ether oxygens (including phenoxy) is 1. The van der Waals surface area contributed by atoms with Crippen molar-refractivity contribution in [1.82, 2.24) is 19.7 Å². The highest BCUT2D eigenvalue weighted by molar-refractivity contribution is 7.99. The molecule has 3 heterocycles. The fraction of sp³-hybridized carbons (Fsp3) is 0.292. The number of thioether (sulfide) groups is 1. The molecule has 1 amide bonds. The summed E-state index contributed by atoms with van der Waals surface area (Å²) in [5.74, 6) is 0.516. The van der Waals surface area contributed by atoms with E-state index in [9.17, 15) is 14.9 Å². The first-order valence-electron chi connectivity index (χ1n) is 11.3. The number of aryl methyl sites for hydroxylation is 1. The number of anilines is 1. The van der Waals surface area contributed by atoms with E-state index in [0.717, 1.165) is 41.7 Å². The number of fused-ring (bicyclic) bond motifs is 1. The van der Waals surface area contributed by atoms with Gasteiger partial charge in [-0.2, -0.15) is 0 Å². The Bertz CT molecular complexity index is 1390. The normalized spacial score (nSPS) is 15.5. The number of carbonyl (C=O) groups excluding carboxylic acids is 1. The summed E-state index contributed by atoms with van der Waals surface area (Å²) in [4.78, 5) is 26.6. The van der Waals surface area contributed by atoms with Crippen LogP contribution in [0.4, 0.5) is 11.4 Å². The zero-order valence-corrected chi connectivity index (χ0v) is 19.9. The van der Waals surface area contributed by atoms with Crippen LogP contribution in [-0.4, -0.2) is 49.0 Å². The number of carbonyl (C=O) groups is 1. The smallest absolute Gasteiger partial charge is 0.274 e. The molecule has 0 radical (unpaired) electrons. The molecular formula is C24H24N6O4S. The quantitative estimate of drug-likeness (QED) is 0.210. The molecule has 5 rings (SSSR count). The summed E-state index contributed by atoms with van der Waals surface area (Å²) in [7, 11) is 0. The number of aromatic nitrogens is 4. The maximum atomic E-state index is 12.6. The number of para-hydroxylation sites is 1. The van der Waals surface area contributed by atoms with Crippen molar-refractivity contribution in [3.63, 3.8) is 0 Å². The lowest BCUT2D eigenvalue weighted by atomic mass is 10.1. The van der Waals surface area contributed by atoms with Crippen molar-refractivity contribution in [2.24, 2.45) is 0 Å². The second-order valence-corrected chi connectivity index (χ2v) is 9.34. The van der Waals surface area contributed by atoms with Crippen LogP contribution < -0.4 is 5.32 Å². The molecule has 2 aromatic carbocycles. The predicted molar refractivity (Wildman–Crippen MR) is 133 cm³/mol. The topological polar surface area (TPSA) is 128 Å². The molecule has 0 saturated carbocycles. The third kappa shape index (κ3) is 4.91. The molecule has 1 unspecified atom stereocenters. The number of nitro groups is 1. The number of nitrogens with zero attached hydrogens (tertiary/aromatic N) is 4. The SMILES string of the molecule is Cc1ccc(NC(=O)CSc2nnc(-c3c[nH]c4ccccc34)n2CC2CCCO2)cc1[N+](=O)[O-]. The Morgan fingerprint density at radius 1 is 1.31 bits per heavy atom. The summed E-state index contributed by atoms with van der Waals surface area (Å²) < 4.78 is 7.87.